The maximum atomic E-state index is 3.52. The Balaban J connectivity index is 2.21. The van der Waals surface area contributed by atoms with Crippen molar-refractivity contribution in [3.63, 3.8) is 0 Å². The van der Waals surface area contributed by atoms with E-state index in [1.165, 1.54) is 39.0 Å². The van der Waals surface area contributed by atoms with Crippen LogP contribution >= 0.6 is 0 Å². The van der Waals surface area contributed by atoms with Crippen molar-refractivity contribution in [1.29, 1.82) is 0 Å². The van der Waals surface area contributed by atoms with Gasteiger partial charge in [0.05, 0.1) is 0 Å². The average Bonchev–Trinajstić information content (AvgIpc) is 2.66. The summed E-state index contributed by atoms with van der Waals surface area (Å²) in [4.78, 5) is 2.66. The van der Waals surface area contributed by atoms with Gasteiger partial charge in [0.1, 0.15) is 0 Å². The fourth-order valence-corrected chi connectivity index (χ4v) is 2.74. The molecule has 0 amide bonds. The summed E-state index contributed by atoms with van der Waals surface area (Å²) in [7, 11) is 0. The molecule has 0 saturated carbocycles. The quantitative estimate of drug-likeness (QED) is 0.718. The van der Waals surface area contributed by atoms with Crippen LogP contribution in [-0.2, 0) is 0 Å². The van der Waals surface area contributed by atoms with Gasteiger partial charge in [-0.1, -0.05) is 34.6 Å². The predicted octanol–water partition coefficient (Wildman–Crippen LogP) is 2.99. The molecule has 1 rings (SSSR count). The van der Waals surface area contributed by atoms with Crippen molar-refractivity contribution >= 4 is 0 Å². The maximum absolute atomic E-state index is 3.52. The topological polar surface area (TPSA) is 15.3 Å². The Morgan fingerprint density at radius 1 is 1.35 bits per heavy atom. The van der Waals surface area contributed by atoms with E-state index in [0.717, 1.165) is 18.4 Å². The molecule has 2 atom stereocenters. The van der Waals surface area contributed by atoms with Crippen LogP contribution in [0.25, 0.3) is 0 Å². The molecule has 0 radical (unpaired) electrons. The first-order valence-corrected chi connectivity index (χ1v) is 7.36. The highest BCUT2D eigenvalue weighted by Crippen LogP contribution is 2.33. The van der Waals surface area contributed by atoms with Gasteiger partial charge in [-0.2, -0.15) is 0 Å². The van der Waals surface area contributed by atoms with Gasteiger partial charge in [-0.05, 0) is 49.7 Å². The Kier molecular flexibility index (Phi) is 5.94. The molecule has 17 heavy (non-hydrogen) atoms. The van der Waals surface area contributed by atoms with Crippen LogP contribution in [0.15, 0.2) is 0 Å². The zero-order valence-corrected chi connectivity index (χ0v) is 12.6. The monoisotopic (exact) mass is 240 g/mol. The molecule has 1 N–H and O–H groups in total. The summed E-state index contributed by atoms with van der Waals surface area (Å²) < 4.78 is 0. The smallest absolute Gasteiger partial charge is 0.00193 e. The largest absolute Gasteiger partial charge is 0.316 e. The van der Waals surface area contributed by atoms with Crippen LogP contribution in [0.5, 0.6) is 0 Å². The summed E-state index contributed by atoms with van der Waals surface area (Å²) >= 11 is 0. The van der Waals surface area contributed by atoms with Crippen LogP contribution in [0.1, 0.15) is 47.5 Å². The van der Waals surface area contributed by atoms with Crippen molar-refractivity contribution in [2.75, 3.05) is 32.7 Å². The normalized spacial score (nSPS) is 24.2. The van der Waals surface area contributed by atoms with Gasteiger partial charge < -0.3 is 10.2 Å². The van der Waals surface area contributed by atoms with Gasteiger partial charge in [-0.15, -0.1) is 0 Å². The number of nitrogens with zero attached hydrogens (tertiary/aromatic N) is 1. The van der Waals surface area contributed by atoms with E-state index in [2.05, 4.69) is 44.8 Å². The van der Waals surface area contributed by atoms with Crippen molar-refractivity contribution in [3.8, 4) is 0 Å². The van der Waals surface area contributed by atoms with Crippen LogP contribution in [0.4, 0.5) is 0 Å². The Morgan fingerprint density at radius 3 is 2.59 bits per heavy atom. The summed E-state index contributed by atoms with van der Waals surface area (Å²) in [5.74, 6) is 1.67. The summed E-state index contributed by atoms with van der Waals surface area (Å²) in [5, 5.41) is 3.52. The Morgan fingerprint density at radius 2 is 2.06 bits per heavy atom. The molecule has 0 aromatic carbocycles. The number of hydrogen-bond donors (Lipinski definition) is 1. The second-order valence-corrected chi connectivity index (χ2v) is 6.92. The van der Waals surface area contributed by atoms with E-state index in [4.69, 9.17) is 0 Å². The predicted molar refractivity (Wildman–Crippen MR) is 76.3 cm³/mol. The molecule has 2 heteroatoms. The standard InChI is InChI=1S/C15H32N2/c1-6-8-16-10-13(2)11-17-9-7-14(12-17)15(3,4)5/h13-14,16H,6-12H2,1-5H3. The zero-order valence-electron chi connectivity index (χ0n) is 12.6. The zero-order chi connectivity index (χ0) is 12.9. The van der Waals surface area contributed by atoms with Gasteiger partial charge >= 0.3 is 0 Å². The molecular formula is C15H32N2. The van der Waals surface area contributed by atoms with Crippen molar-refractivity contribution in [2.45, 2.75) is 47.5 Å². The summed E-state index contributed by atoms with van der Waals surface area (Å²) in [6, 6.07) is 0. The highest BCUT2D eigenvalue weighted by atomic mass is 15.1. The molecular weight excluding hydrogens is 208 g/mol. The lowest BCUT2D eigenvalue weighted by atomic mass is 9.80. The number of nitrogens with one attached hydrogen (secondary N) is 1. The first-order chi connectivity index (χ1) is 7.93. The Bertz CT molecular complexity index is 207. The molecule has 0 aliphatic carbocycles. The van der Waals surface area contributed by atoms with Crippen LogP contribution in [0, 0.1) is 17.3 Å². The minimum absolute atomic E-state index is 0.485. The van der Waals surface area contributed by atoms with Crippen LogP contribution in [0.3, 0.4) is 0 Å². The summed E-state index contributed by atoms with van der Waals surface area (Å²) in [5.41, 5.74) is 0.485. The molecule has 1 saturated heterocycles. The van der Waals surface area contributed by atoms with Crippen LogP contribution in [0.2, 0.25) is 0 Å². The van der Waals surface area contributed by atoms with Gasteiger partial charge in [0.15, 0.2) is 0 Å². The highest BCUT2D eigenvalue weighted by molar-refractivity contribution is 4.84. The number of hydrogen-bond acceptors (Lipinski definition) is 2. The third-order valence-electron chi connectivity index (χ3n) is 3.99. The Hall–Kier alpha value is -0.0800. The third-order valence-corrected chi connectivity index (χ3v) is 3.99. The molecule has 102 valence electrons. The van der Waals surface area contributed by atoms with Gasteiger partial charge in [0.2, 0.25) is 0 Å². The van der Waals surface area contributed by atoms with E-state index >= 15 is 0 Å². The number of rotatable bonds is 6. The average molecular weight is 240 g/mol. The van der Waals surface area contributed by atoms with E-state index in [9.17, 15) is 0 Å². The van der Waals surface area contributed by atoms with Crippen LogP contribution < -0.4 is 5.32 Å². The van der Waals surface area contributed by atoms with Crippen molar-refractivity contribution in [1.82, 2.24) is 10.2 Å². The lowest BCUT2D eigenvalue weighted by molar-refractivity contribution is 0.216. The van der Waals surface area contributed by atoms with Crippen molar-refractivity contribution in [2.24, 2.45) is 17.3 Å². The summed E-state index contributed by atoms with van der Waals surface area (Å²) in [6.45, 7) is 18.0. The second kappa shape index (κ2) is 6.75. The minimum atomic E-state index is 0.485. The van der Waals surface area contributed by atoms with E-state index in [-0.39, 0.29) is 0 Å². The third kappa shape index (κ3) is 5.39. The van der Waals surface area contributed by atoms with E-state index < -0.39 is 0 Å². The fraction of sp³-hybridized carbons (Fsp3) is 1.00. The molecule has 0 aromatic rings. The number of likely N-dealkylation sites (tertiary alicyclic amines) is 1. The molecule has 0 spiro atoms. The first-order valence-electron chi connectivity index (χ1n) is 7.36. The molecule has 2 unspecified atom stereocenters. The lowest BCUT2D eigenvalue weighted by Crippen LogP contribution is -2.33. The highest BCUT2D eigenvalue weighted by Gasteiger charge is 2.31. The van der Waals surface area contributed by atoms with E-state index in [1.807, 2.05) is 0 Å². The Labute approximate surface area is 108 Å². The maximum Gasteiger partial charge on any atom is 0.00193 e. The second-order valence-electron chi connectivity index (χ2n) is 6.92. The first kappa shape index (κ1) is 15.0. The van der Waals surface area contributed by atoms with Crippen molar-refractivity contribution < 1.29 is 0 Å². The summed E-state index contributed by atoms with van der Waals surface area (Å²) in [6.07, 6.45) is 2.63. The SMILES string of the molecule is CCCNCC(C)CN1CCC(C(C)(C)C)C1. The minimum Gasteiger partial charge on any atom is -0.316 e. The molecule has 1 aliphatic rings. The van der Waals surface area contributed by atoms with Crippen molar-refractivity contribution in [3.05, 3.63) is 0 Å². The molecule has 0 aromatic heterocycles. The molecule has 0 bridgehead atoms. The fourth-order valence-electron chi connectivity index (χ4n) is 2.74. The molecule has 1 heterocycles. The van der Waals surface area contributed by atoms with Gasteiger partial charge in [-0.3, -0.25) is 0 Å². The van der Waals surface area contributed by atoms with Gasteiger partial charge in [-0.25, -0.2) is 0 Å². The van der Waals surface area contributed by atoms with E-state index in [1.54, 1.807) is 0 Å². The van der Waals surface area contributed by atoms with E-state index in [0.29, 0.717) is 5.41 Å². The lowest BCUT2D eigenvalue weighted by Gasteiger charge is -2.28. The molecule has 2 nitrogen and oxygen atoms in total. The van der Waals surface area contributed by atoms with Gasteiger partial charge in [0, 0.05) is 13.1 Å². The molecule has 1 fully saturated rings. The van der Waals surface area contributed by atoms with Crippen LogP contribution in [-0.4, -0.2) is 37.6 Å². The van der Waals surface area contributed by atoms with Gasteiger partial charge in [0.25, 0.3) is 0 Å². The molecule has 1 aliphatic heterocycles.